The van der Waals surface area contributed by atoms with Gasteiger partial charge in [-0.2, -0.15) is 0 Å². The second-order valence-electron chi connectivity index (χ2n) is 5.35. The Kier molecular flexibility index (Phi) is 3.81. The number of carbonyl (C=O) groups excluding carboxylic acids is 1. The summed E-state index contributed by atoms with van der Waals surface area (Å²) in [6.07, 6.45) is 0.833. The second-order valence-corrected chi connectivity index (χ2v) is 6.20. The van der Waals surface area contributed by atoms with E-state index in [9.17, 15) is 9.18 Å². The fourth-order valence-electron chi connectivity index (χ4n) is 2.64. The molecule has 0 aromatic heterocycles. The molecule has 0 aliphatic heterocycles. The van der Waals surface area contributed by atoms with Crippen molar-refractivity contribution in [2.45, 2.75) is 12.3 Å². The third-order valence-electron chi connectivity index (χ3n) is 3.95. The Balaban J connectivity index is 1.73. The third-order valence-corrected chi connectivity index (χ3v) is 4.62. The Bertz CT molecular complexity index is 671. The van der Waals surface area contributed by atoms with Crippen LogP contribution in [-0.4, -0.2) is 13.0 Å². The Morgan fingerprint density at radius 1 is 1.19 bits per heavy atom. The Hall–Kier alpha value is -1.68. The van der Waals surface area contributed by atoms with Crippen LogP contribution in [0.2, 0.25) is 0 Å². The maximum absolute atomic E-state index is 12.9. The molecule has 0 bridgehead atoms. The van der Waals surface area contributed by atoms with E-state index < -0.39 is 0 Å². The molecule has 0 radical (unpaired) electrons. The normalized spacial score (nSPS) is 20.1. The molecule has 4 heteroatoms. The third kappa shape index (κ3) is 2.86. The van der Waals surface area contributed by atoms with E-state index in [-0.39, 0.29) is 23.6 Å². The number of para-hydroxylation sites is 1. The molecule has 2 aromatic carbocycles. The summed E-state index contributed by atoms with van der Waals surface area (Å²) in [5.74, 6) is 0.0689. The van der Waals surface area contributed by atoms with Crippen molar-refractivity contribution < 1.29 is 9.18 Å². The highest BCUT2D eigenvalue weighted by Gasteiger charge is 2.45. The fourth-order valence-corrected chi connectivity index (χ4v) is 3.19. The largest absolute Gasteiger partial charge is 0.314 e. The molecule has 0 saturated heterocycles. The van der Waals surface area contributed by atoms with Gasteiger partial charge in [-0.1, -0.05) is 24.3 Å². The molecular weight excluding hydrogens is 333 g/mol. The minimum absolute atomic E-state index is 0.00688. The lowest BCUT2D eigenvalue weighted by molar-refractivity contribution is -0.119. The number of rotatable bonds is 3. The van der Waals surface area contributed by atoms with Gasteiger partial charge in [0.15, 0.2) is 0 Å². The standard InChI is InChI=1S/C17H15BrFNO/c1-20(16-5-3-2-4-15(16)18)17(21)14-10-13(14)11-6-8-12(19)9-7-11/h2-9,13-14H,10H2,1H3/t13-,14+/m1/s1. The molecule has 3 rings (SSSR count). The smallest absolute Gasteiger partial charge is 0.230 e. The summed E-state index contributed by atoms with van der Waals surface area (Å²) in [5.41, 5.74) is 1.91. The number of carbonyl (C=O) groups is 1. The van der Waals surface area contributed by atoms with Crippen LogP contribution in [-0.2, 0) is 4.79 Å². The van der Waals surface area contributed by atoms with Crippen molar-refractivity contribution in [3.63, 3.8) is 0 Å². The van der Waals surface area contributed by atoms with Crippen LogP contribution in [0.25, 0.3) is 0 Å². The van der Waals surface area contributed by atoms with E-state index in [4.69, 9.17) is 0 Å². The predicted octanol–water partition coefficient (Wildman–Crippen LogP) is 4.35. The van der Waals surface area contributed by atoms with E-state index in [1.165, 1.54) is 12.1 Å². The van der Waals surface area contributed by atoms with Crippen molar-refractivity contribution >= 4 is 27.5 Å². The molecule has 108 valence electrons. The van der Waals surface area contributed by atoms with Crippen LogP contribution in [0.3, 0.4) is 0 Å². The molecule has 1 fully saturated rings. The first-order valence-electron chi connectivity index (χ1n) is 6.85. The molecule has 1 aliphatic rings. The monoisotopic (exact) mass is 347 g/mol. The Morgan fingerprint density at radius 3 is 2.52 bits per heavy atom. The molecule has 2 atom stereocenters. The quantitative estimate of drug-likeness (QED) is 0.807. The summed E-state index contributed by atoms with van der Waals surface area (Å²) in [6.45, 7) is 0. The molecule has 1 amide bonds. The zero-order valence-electron chi connectivity index (χ0n) is 11.6. The van der Waals surface area contributed by atoms with Gasteiger partial charge in [0.25, 0.3) is 0 Å². The van der Waals surface area contributed by atoms with E-state index in [0.717, 1.165) is 22.1 Å². The molecule has 0 heterocycles. The topological polar surface area (TPSA) is 20.3 Å². The number of hydrogen-bond donors (Lipinski definition) is 0. The minimum Gasteiger partial charge on any atom is -0.314 e. The number of benzene rings is 2. The zero-order chi connectivity index (χ0) is 15.0. The van der Waals surface area contributed by atoms with Gasteiger partial charge in [-0.3, -0.25) is 4.79 Å². The fraction of sp³-hybridized carbons (Fsp3) is 0.235. The maximum Gasteiger partial charge on any atom is 0.230 e. The van der Waals surface area contributed by atoms with E-state index in [1.54, 1.807) is 24.1 Å². The van der Waals surface area contributed by atoms with Gasteiger partial charge in [-0.05, 0) is 58.1 Å². The molecule has 0 unspecified atom stereocenters. The first-order valence-corrected chi connectivity index (χ1v) is 7.65. The summed E-state index contributed by atoms with van der Waals surface area (Å²) >= 11 is 3.47. The van der Waals surface area contributed by atoms with Crippen LogP contribution in [0.15, 0.2) is 53.0 Å². The van der Waals surface area contributed by atoms with Crippen molar-refractivity contribution in [3.8, 4) is 0 Å². The summed E-state index contributed by atoms with van der Waals surface area (Å²) < 4.78 is 13.8. The highest BCUT2D eigenvalue weighted by molar-refractivity contribution is 9.10. The first-order chi connectivity index (χ1) is 10.1. The molecule has 21 heavy (non-hydrogen) atoms. The van der Waals surface area contributed by atoms with Gasteiger partial charge in [0.05, 0.1) is 5.69 Å². The number of amides is 1. The molecule has 1 aliphatic carbocycles. The van der Waals surface area contributed by atoms with Gasteiger partial charge < -0.3 is 4.90 Å². The SMILES string of the molecule is CN(C(=O)[C@H]1C[C@@H]1c1ccc(F)cc1)c1ccccc1Br. The molecule has 1 saturated carbocycles. The summed E-state index contributed by atoms with van der Waals surface area (Å²) in [6, 6.07) is 14.1. The van der Waals surface area contributed by atoms with Crippen LogP contribution >= 0.6 is 15.9 Å². The van der Waals surface area contributed by atoms with Crippen LogP contribution < -0.4 is 4.90 Å². The molecular formula is C17H15BrFNO. The predicted molar refractivity (Wildman–Crippen MR) is 84.8 cm³/mol. The zero-order valence-corrected chi connectivity index (χ0v) is 13.2. The van der Waals surface area contributed by atoms with E-state index >= 15 is 0 Å². The molecule has 2 nitrogen and oxygen atoms in total. The van der Waals surface area contributed by atoms with Crippen molar-refractivity contribution in [2.24, 2.45) is 5.92 Å². The molecule has 0 spiro atoms. The number of hydrogen-bond acceptors (Lipinski definition) is 1. The van der Waals surface area contributed by atoms with Crippen molar-refractivity contribution in [3.05, 3.63) is 64.4 Å². The van der Waals surface area contributed by atoms with Gasteiger partial charge >= 0.3 is 0 Å². The van der Waals surface area contributed by atoms with Gasteiger partial charge in [0.2, 0.25) is 5.91 Å². The average Bonchev–Trinajstić information content (AvgIpc) is 3.27. The van der Waals surface area contributed by atoms with Crippen LogP contribution in [0, 0.1) is 11.7 Å². The van der Waals surface area contributed by atoms with Gasteiger partial charge in [0.1, 0.15) is 5.82 Å². The maximum atomic E-state index is 12.9. The summed E-state index contributed by atoms with van der Waals surface area (Å²) in [5, 5.41) is 0. The van der Waals surface area contributed by atoms with Crippen molar-refractivity contribution in [1.29, 1.82) is 0 Å². The lowest BCUT2D eigenvalue weighted by atomic mass is 10.1. The van der Waals surface area contributed by atoms with Gasteiger partial charge in [0, 0.05) is 17.4 Å². The average molecular weight is 348 g/mol. The van der Waals surface area contributed by atoms with Crippen LogP contribution in [0.4, 0.5) is 10.1 Å². The van der Waals surface area contributed by atoms with Crippen LogP contribution in [0.1, 0.15) is 17.9 Å². The molecule has 2 aromatic rings. The summed E-state index contributed by atoms with van der Waals surface area (Å²) in [4.78, 5) is 14.2. The van der Waals surface area contributed by atoms with E-state index in [0.29, 0.717) is 0 Å². The first kappa shape index (κ1) is 14.3. The highest BCUT2D eigenvalue weighted by atomic mass is 79.9. The lowest BCUT2D eigenvalue weighted by Crippen LogP contribution is -2.28. The number of anilines is 1. The number of halogens is 2. The Morgan fingerprint density at radius 2 is 1.86 bits per heavy atom. The van der Waals surface area contributed by atoms with Gasteiger partial charge in [-0.25, -0.2) is 4.39 Å². The van der Waals surface area contributed by atoms with Crippen molar-refractivity contribution in [2.75, 3.05) is 11.9 Å². The van der Waals surface area contributed by atoms with Crippen molar-refractivity contribution in [1.82, 2.24) is 0 Å². The molecule has 0 N–H and O–H groups in total. The van der Waals surface area contributed by atoms with E-state index in [2.05, 4.69) is 15.9 Å². The second kappa shape index (κ2) is 5.60. The van der Waals surface area contributed by atoms with Gasteiger partial charge in [-0.15, -0.1) is 0 Å². The number of nitrogens with zero attached hydrogens (tertiary/aromatic N) is 1. The minimum atomic E-state index is -0.243. The summed E-state index contributed by atoms with van der Waals surface area (Å²) in [7, 11) is 1.79. The van der Waals surface area contributed by atoms with Crippen LogP contribution in [0.5, 0.6) is 0 Å². The Labute approximate surface area is 131 Å². The lowest BCUT2D eigenvalue weighted by Gasteiger charge is -2.19. The highest BCUT2D eigenvalue weighted by Crippen LogP contribution is 2.49. The van der Waals surface area contributed by atoms with E-state index in [1.807, 2.05) is 24.3 Å².